The predicted molar refractivity (Wildman–Crippen MR) is 297 cm³/mol. The highest BCUT2D eigenvalue weighted by molar-refractivity contribution is 5.75. The van der Waals surface area contributed by atoms with Crippen molar-refractivity contribution in [1.82, 2.24) is 18.9 Å². The van der Waals surface area contributed by atoms with Crippen molar-refractivity contribution in [2.24, 2.45) is 0 Å². The van der Waals surface area contributed by atoms with Crippen molar-refractivity contribution < 1.29 is 167 Å². The number of imidazole rings is 2. The normalized spacial score (nSPS) is 17.4. The number of benzene rings is 2. The number of nitrogens with zero attached hydrogens (tertiary/aromatic N) is 6. The molecule has 532 valence electrons. The summed E-state index contributed by atoms with van der Waals surface area (Å²) in [5.41, 5.74) is 4.02. The second-order valence-corrected chi connectivity index (χ2v) is 20.7. The molecule has 2 heterocycles. The molecule has 0 spiro atoms. The van der Waals surface area contributed by atoms with Crippen LogP contribution in [0.3, 0.4) is 0 Å². The first-order valence-corrected chi connectivity index (χ1v) is 28.5. The monoisotopic (exact) mass is 1350 g/mol. The van der Waals surface area contributed by atoms with E-state index in [0.717, 1.165) is 48.2 Å². The summed E-state index contributed by atoms with van der Waals surface area (Å²) in [5, 5.41) is 214. The summed E-state index contributed by atoms with van der Waals surface area (Å²) in [4.78, 5) is 20.3. The molecule has 0 aliphatic rings. The van der Waals surface area contributed by atoms with Crippen LogP contribution in [0.15, 0.2) is 49.1 Å². The molecule has 2 aromatic heterocycles. The molecule has 38 heteroatoms. The van der Waals surface area contributed by atoms with E-state index in [-0.39, 0.29) is 52.5 Å². The maximum Gasteiger partial charge on any atom is 0.430 e. The van der Waals surface area contributed by atoms with Gasteiger partial charge in [0.1, 0.15) is 110 Å². The van der Waals surface area contributed by atoms with Crippen LogP contribution in [0.1, 0.15) is 27.7 Å². The van der Waals surface area contributed by atoms with Crippen LogP contribution in [0.5, 0.6) is 11.5 Å². The summed E-state index contributed by atoms with van der Waals surface area (Å²) in [7, 11) is 0. The topological polar surface area (TPSA) is 527 Å². The summed E-state index contributed by atoms with van der Waals surface area (Å²) in [6.07, 6.45) is -34.6. The Kier molecular flexibility index (Phi) is 37.5. The molecule has 0 aliphatic carbocycles. The summed E-state index contributed by atoms with van der Waals surface area (Å²) in [5.74, 6) is -4.90. The zero-order chi connectivity index (χ0) is 70.7. The van der Waals surface area contributed by atoms with Gasteiger partial charge in [-0.2, -0.15) is 26.3 Å². The highest BCUT2D eigenvalue weighted by Gasteiger charge is 2.37. The van der Waals surface area contributed by atoms with Crippen LogP contribution in [-0.2, 0) is 35.8 Å². The van der Waals surface area contributed by atoms with E-state index in [4.69, 9.17) is 49.7 Å². The van der Waals surface area contributed by atoms with Gasteiger partial charge in [0, 0.05) is 51.4 Å². The predicted octanol–water partition coefficient (Wildman–Crippen LogP) is -10.4. The number of aliphatic hydroxyl groups is 20. The number of aromatic nitrogens is 4. The van der Waals surface area contributed by atoms with Gasteiger partial charge in [-0.15, -0.1) is 0 Å². The van der Waals surface area contributed by atoms with E-state index < -0.39 is 148 Å². The molecular weight excluding hydrogens is 1260 g/mol. The number of fused-ring (bicyclic) bond motifs is 2. The Morgan fingerprint density at radius 2 is 0.674 bits per heavy atom. The number of carbonyl (C=O) groups excluding carboxylic acids is 2. The van der Waals surface area contributed by atoms with Gasteiger partial charge in [-0.3, -0.25) is 9.80 Å². The van der Waals surface area contributed by atoms with Crippen molar-refractivity contribution in [2.45, 2.75) is 164 Å². The van der Waals surface area contributed by atoms with Gasteiger partial charge in [-0.25, -0.2) is 18.3 Å². The van der Waals surface area contributed by atoms with E-state index in [0.29, 0.717) is 11.5 Å². The molecule has 4 aromatic rings. The largest absolute Gasteiger partial charge is 0.542 e. The number of alkyl halides is 6. The number of rotatable bonds is 36. The number of carboxylic acids is 2. The van der Waals surface area contributed by atoms with Crippen molar-refractivity contribution in [3.05, 3.63) is 49.1 Å². The van der Waals surface area contributed by atoms with Gasteiger partial charge in [-0.05, 0) is 52.0 Å². The molecule has 0 saturated heterocycles. The number of carbonyl (C=O) groups is 2. The number of aliphatic hydroxyl groups excluding tert-OH is 20. The summed E-state index contributed by atoms with van der Waals surface area (Å²) in [6.45, 7) is 6.60. The van der Waals surface area contributed by atoms with Crippen molar-refractivity contribution in [3.63, 3.8) is 0 Å². The van der Waals surface area contributed by atoms with Crippen molar-refractivity contribution in [2.75, 3.05) is 78.9 Å². The smallest absolute Gasteiger partial charge is 0.430 e. The van der Waals surface area contributed by atoms with Crippen LogP contribution in [0, 0.1) is 0 Å². The van der Waals surface area contributed by atoms with Gasteiger partial charge in [-0.1, -0.05) is 0 Å². The third-order valence-electron chi connectivity index (χ3n) is 13.9. The Hall–Kier alpha value is -5.38. The number of hydrogen-bond donors (Lipinski definition) is 20. The minimum atomic E-state index is -5.19. The molecule has 0 unspecified atom stereocenters. The van der Waals surface area contributed by atoms with Crippen LogP contribution in [0.25, 0.3) is 22.1 Å². The first-order chi connectivity index (χ1) is 42.8. The fourth-order valence-electron chi connectivity index (χ4n) is 8.57. The lowest BCUT2D eigenvalue weighted by atomic mass is 10.0. The van der Waals surface area contributed by atoms with E-state index in [1.807, 2.05) is 64.6 Å². The van der Waals surface area contributed by atoms with Crippen molar-refractivity contribution in [3.8, 4) is 11.5 Å². The molecule has 16 atom stereocenters. The number of aryl methyl sites for hydroxylation is 4. The second-order valence-electron chi connectivity index (χ2n) is 20.7. The quantitative estimate of drug-likeness (QED) is 0.0148. The summed E-state index contributed by atoms with van der Waals surface area (Å²) >= 11 is 0. The third kappa shape index (κ3) is 26.8. The van der Waals surface area contributed by atoms with E-state index >= 15 is 0 Å². The van der Waals surface area contributed by atoms with Crippen LogP contribution in [0.2, 0.25) is 0 Å². The average molecular weight is 1350 g/mol. The van der Waals surface area contributed by atoms with E-state index in [9.17, 15) is 108 Å². The molecule has 20 N–H and O–H groups in total. The molecule has 0 aliphatic heterocycles. The van der Waals surface area contributed by atoms with Gasteiger partial charge in [0.15, 0.2) is 22.1 Å². The summed E-state index contributed by atoms with van der Waals surface area (Å²) < 4.78 is 83.2. The highest BCUT2D eigenvalue weighted by Crippen LogP contribution is 2.22. The molecule has 0 fully saturated rings. The van der Waals surface area contributed by atoms with Crippen LogP contribution >= 0.6 is 0 Å². The van der Waals surface area contributed by atoms with Crippen molar-refractivity contribution in [1.29, 1.82) is 0 Å². The molecule has 4 rings (SSSR count). The van der Waals surface area contributed by atoms with Crippen LogP contribution in [-0.4, -0.2) is 322 Å². The lowest BCUT2D eigenvalue weighted by molar-refractivity contribution is -0.668. The molecule has 0 bridgehead atoms. The Morgan fingerprint density at radius 3 is 0.870 bits per heavy atom. The third-order valence-corrected chi connectivity index (χ3v) is 13.9. The van der Waals surface area contributed by atoms with Crippen LogP contribution in [0.4, 0.5) is 26.3 Å². The second kappa shape index (κ2) is 40.8. The first-order valence-electron chi connectivity index (χ1n) is 28.5. The molecule has 0 radical (unpaired) electrons. The first kappa shape index (κ1) is 84.6. The SMILES string of the molecule is CCn1c[n+](CC)c2ccc(OCCN(C[C@H](O)[C@@H](O)[C@H](O)[C@H](O)CO)C[C@H](O)[C@@H](O)[C@H](O)[C@H](O)CO)cc21.CCn1c[n+](CC)c2ccc(OCCN(C[C@H](O)[C@@H](O)[C@H](O)[C@H](O)CO)C[C@H](O)[C@@H](O)[C@H](O)[C@H](O)CO)cc21.O=C([O-])C(F)(F)F.O=C([O-])C(F)(F)F. The number of aliphatic carboxylic acids is 2. The zero-order valence-corrected chi connectivity index (χ0v) is 50.5. The van der Waals surface area contributed by atoms with Crippen molar-refractivity contribution >= 4 is 34.0 Å². The molecule has 0 amide bonds. The number of hydrogen-bond acceptors (Lipinski definition) is 28. The Balaban J connectivity index is 0.000000759. The Labute approximate surface area is 522 Å². The molecule has 0 saturated carbocycles. The molecule has 2 aromatic carbocycles. The van der Waals surface area contributed by atoms with Crippen LogP contribution < -0.4 is 28.8 Å². The minimum absolute atomic E-state index is 0.0430. The fraction of sp³-hybridized carbons (Fsp3) is 0.704. The minimum Gasteiger partial charge on any atom is -0.542 e. The lowest BCUT2D eigenvalue weighted by Gasteiger charge is -2.33. The number of halogens is 6. The van der Waals surface area contributed by atoms with Gasteiger partial charge in [0.2, 0.25) is 12.7 Å². The fourth-order valence-corrected chi connectivity index (χ4v) is 8.57. The standard InChI is InChI=1S/2C25H44N3O11.2C2HF3O2/c2*1-3-27-14-28(4-2)17-9-15(5-6-16(17)27)39-8-7-26(10-18(31)22(35)24(37)20(33)12-29)11-19(32)23(36)25(38)21(34)13-30;2*3-2(4,5)1(6)7/h2*5-6,9,14,18-25,29-38H,3-4,7-8,10-13H2,1-2H3;2*(H,6,7)/q2*+1;;/p-2/t2*18-,19-,20+,21+,22+,23+,24+,25+;;/m00../s1. The van der Waals surface area contributed by atoms with Gasteiger partial charge in [0.05, 0.1) is 77.0 Å². The molecule has 32 nitrogen and oxygen atoms in total. The molecular formula is C54H88F6N6O26. The van der Waals surface area contributed by atoms with E-state index in [2.05, 4.69) is 18.3 Å². The Morgan fingerprint density at radius 1 is 0.446 bits per heavy atom. The number of ether oxygens (including phenoxy) is 2. The molecule has 92 heavy (non-hydrogen) atoms. The van der Waals surface area contributed by atoms with E-state index in [1.165, 1.54) is 9.80 Å². The average Bonchev–Trinajstić information content (AvgIpc) is 1.66. The van der Waals surface area contributed by atoms with Gasteiger partial charge in [0.25, 0.3) is 0 Å². The summed E-state index contributed by atoms with van der Waals surface area (Å²) in [6, 6.07) is 11.2. The maximum atomic E-state index is 10.5. The highest BCUT2D eigenvalue weighted by atomic mass is 19.4. The van der Waals surface area contributed by atoms with Gasteiger partial charge >= 0.3 is 12.4 Å². The zero-order valence-electron chi connectivity index (χ0n) is 50.5. The number of carboxylic acid groups (broad SMARTS) is 2. The maximum absolute atomic E-state index is 10.5. The lowest BCUT2D eigenvalue weighted by Crippen LogP contribution is -2.53. The van der Waals surface area contributed by atoms with Gasteiger partial charge < -0.3 is 131 Å². The van der Waals surface area contributed by atoms with E-state index in [1.54, 1.807) is 12.1 Å². The Bertz CT molecular complexity index is 2500.